The van der Waals surface area contributed by atoms with Crippen molar-refractivity contribution in [2.75, 3.05) is 13.6 Å². The molecule has 0 spiro atoms. The Morgan fingerprint density at radius 2 is 2.00 bits per heavy atom. The van der Waals surface area contributed by atoms with Crippen LogP contribution < -0.4 is 10.6 Å². The van der Waals surface area contributed by atoms with Crippen LogP contribution >= 0.6 is 24.8 Å². The van der Waals surface area contributed by atoms with Gasteiger partial charge in [0.25, 0.3) is 0 Å². The van der Waals surface area contributed by atoms with Gasteiger partial charge >= 0.3 is 0 Å². The van der Waals surface area contributed by atoms with Gasteiger partial charge in [-0.1, -0.05) is 0 Å². The predicted molar refractivity (Wildman–Crippen MR) is 40.0 cm³/mol. The molecule has 1 atom stereocenters. The molecule has 1 rings (SSSR count). The van der Waals surface area contributed by atoms with E-state index in [0.29, 0.717) is 6.17 Å². The SMILES string of the molecule is CNC1CCN1.Cl.Cl. The van der Waals surface area contributed by atoms with Gasteiger partial charge in [0.05, 0.1) is 6.17 Å². The Balaban J connectivity index is 0. The van der Waals surface area contributed by atoms with Gasteiger partial charge in [0.15, 0.2) is 0 Å². The lowest BCUT2D eigenvalue weighted by molar-refractivity contribution is 0.329. The van der Waals surface area contributed by atoms with Crippen molar-refractivity contribution in [1.82, 2.24) is 10.6 Å². The average molecular weight is 159 g/mol. The molecule has 1 heterocycles. The van der Waals surface area contributed by atoms with E-state index in [1.54, 1.807) is 0 Å². The second-order valence-corrected chi connectivity index (χ2v) is 1.58. The topological polar surface area (TPSA) is 24.1 Å². The summed E-state index contributed by atoms with van der Waals surface area (Å²) in [7, 11) is 1.97. The Labute approximate surface area is 62.2 Å². The summed E-state index contributed by atoms with van der Waals surface area (Å²) >= 11 is 0. The standard InChI is InChI=1S/C4H10N2.2ClH/c1-5-4-2-3-6-4;;/h4-6H,2-3H2,1H3;2*1H. The Morgan fingerprint density at radius 1 is 1.50 bits per heavy atom. The van der Waals surface area contributed by atoms with Crippen molar-refractivity contribution in [3.63, 3.8) is 0 Å². The largest absolute Gasteiger partial charge is 0.305 e. The molecule has 4 heteroatoms. The van der Waals surface area contributed by atoms with Crippen molar-refractivity contribution in [3.05, 3.63) is 0 Å². The van der Waals surface area contributed by atoms with Crippen LogP contribution in [0.25, 0.3) is 0 Å². The molecule has 1 saturated heterocycles. The van der Waals surface area contributed by atoms with E-state index < -0.39 is 0 Å². The molecule has 1 aliphatic rings. The van der Waals surface area contributed by atoms with Crippen LogP contribution in [0, 0.1) is 0 Å². The first-order chi connectivity index (χ1) is 2.93. The molecule has 0 aliphatic carbocycles. The van der Waals surface area contributed by atoms with Crippen LogP contribution in [0.5, 0.6) is 0 Å². The maximum absolute atomic E-state index is 3.18. The molecule has 0 aromatic rings. The lowest BCUT2D eigenvalue weighted by Crippen LogP contribution is -2.51. The Kier molecular flexibility index (Phi) is 7.97. The quantitative estimate of drug-likeness (QED) is 0.577. The second kappa shape index (κ2) is 5.63. The minimum Gasteiger partial charge on any atom is -0.305 e. The van der Waals surface area contributed by atoms with Crippen LogP contribution in [-0.2, 0) is 0 Å². The first-order valence-electron chi connectivity index (χ1n) is 2.34. The van der Waals surface area contributed by atoms with Crippen molar-refractivity contribution < 1.29 is 0 Å². The molecule has 8 heavy (non-hydrogen) atoms. The summed E-state index contributed by atoms with van der Waals surface area (Å²) < 4.78 is 0. The van der Waals surface area contributed by atoms with E-state index in [1.165, 1.54) is 13.0 Å². The zero-order valence-corrected chi connectivity index (χ0v) is 6.44. The predicted octanol–water partition coefficient (Wildman–Crippen LogP) is 0.369. The van der Waals surface area contributed by atoms with E-state index in [-0.39, 0.29) is 24.8 Å². The molecule has 0 aromatic carbocycles. The monoisotopic (exact) mass is 158 g/mol. The summed E-state index contributed by atoms with van der Waals surface area (Å²) in [5, 5.41) is 6.27. The molecule has 0 saturated carbocycles. The van der Waals surface area contributed by atoms with Crippen molar-refractivity contribution in [2.45, 2.75) is 12.6 Å². The smallest absolute Gasteiger partial charge is 0.0581 e. The molecule has 2 nitrogen and oxygen atoms in total. The van der Waals surface area contributed by atoms with Crippen LogP contribution in [0.4, 0.5) is 0 Å². The van der Waals surface area contributed by atoms with Gasteiger partial charge in [-0.25, -0.2) is 0 Å². The van der Waals surface area contributed by atoms with Crippen LogP contribution in [-0.4, -0.2) is 19.8 Å². The molecule has 0 amide bonds. The van der Waals surface area contributed by atoms with Crippen molar-refractivity contribution in [1.29, 1.82) is 0 Å². The number of hydrogen-bond acceptors (Lipinski definition) is 2. The summed E-state index contributed by atoms with van der Waals surface area (Å²) in [4.78, 5) is 0. The van der Waals surface area contributed by atoms with E-state index >= 15 is 0 Å². The Morgan fingerprint density at radius 3 is 2.00 bits per heavy atom. The molecule has 2 N–H and O–H groups in total. The Bertz CT molecular complexity index is 44.5. The third-order valence-corrected chi connectivity index (χ3v) is 1.17. The normalized spacial score (nSPS) is 24.4. The van der Waals surface area contributed by atoms with Crippen LogP contribution in [0.15, 0.2) is 0 Å². The highest BCUT2D eigenvalue weighted by Crippen LogP contribution is 1.93. The van der Waals surface area contributed by atoms with Crippen molar-refractivity contribution >= 4 is 24.8 Å². The zero-order chi connectivity index (χ0) is 4.41. The lowest BCUT2D eigenvalue weighted by atomic mass is 10.2. The fraction of sp³-hybridized carbons (Fsp3) is 1.00. The molecular formula is C4H12Cl2N2. The van der Waals surface area contributed by atoms with Gasteiger partial charge in [0, 0.05) is 0 Å². The highest BCUT2D eigenvalue weighted by atomic mass is 35.5. The van der Waals surface area contributed by atoms with Gasteiger partial charge in [-0.15, -0.1) is 24.8 Å². The summed E-state index contributed by atoms with van der Waals surface area (Å²) in [5.41, 5.74) is 0. The Hall–Kier alpha value is 0.500. The zero-order valence-electron chi connectivity index (χ0n) is 4.81. The minimum absolute atomic E-state index is 0. The second-order valence-electron chi connectivity index (χ2n) is 1.58. The van der Waals surface area contributed by atoms with Gasteiger partial charge in [-0.3, -0.25) is 0 Å². The van der Waals surface area contributed by atoms with E-state index in [2.05, 4.69) is 10.6 Å². The summed E-state index contributed by atoms with van der Waals surface area (Å²) in [5.74, 6) is 0. The highest BCUT2D eigenvalue weighted by Gasteiger charge is 2.11. The van der Waals surface area contributed by atoms with E-state index in [4.69, 9.17) is 0 Å². The summed E-state index contributed by atoms with van der Waals surface area (Å²) in [6.07, 6.45) is 1.90. The molecule has 0 aromatic heterocycles. The first kappa shape index (κ1) is 11.3. The highest BCUT2D eigenvalue weighted by molar-refractivity contribution is 5.85. The molecule has 0 bridgehead atoms. The third kappa shape index (κ3) is 2.72. The van der Waals surface area contributed by atoms with E-state index in [9.17, 15) is 0 Å². The fourth-order valence-electron chi connectivity index (χ4n) is 0.535. The molecule has 1 unspecified atom stereocenters. The van der Waals surface area contributed by atoms with Crippen LogP contribution in [0.3, 0.4) is 0 Å². The minimum atomic E-state index is 0. The number of nitrogens with one attached hydrogen (secondary N) is 2. The van der Waals surface area contributed by atoms with E-state index in [0.717, 1.165) is 0 Å². The van der Waals surface area contributed by atoms with Crippen LogP contribution in [0.1, 0.15) is 6.42 Å². The maximum atomic E-state index is 3.18. The van der Waals surface area contributed by atoms with Gasteiger partial charge in [0.1, 0.15) is 0 Å². The van der Waals surface area contributed by atoms with Gasteiger partial charge in [-0.2, -0.15) is 0 Å². The first-order valence-corrected chi connectivity index (χ1v) is 2.34. The van der Waals surface area contributed by atoms with Crippen molar-refractivity contribution in [2.24, 2.45) is 0 Å². The van der Waals surface area contributed by atoms with Gasteiger partial charge in [0.2, 0.25) is 0 Å². The molecule has 1 aliphatic heterocycles. The maximum Gasteiger partial charge on any atom is 0.0581 e. The molecular weight excluding hydrogens is 147 g/mol. The van der Waals surface area contributed by atoms with Gasteiger partial charge in [-0.05, 0) is 20.0 Å². The molecule has 1 fully saturated rings. The lowest BCUT2D eigenvalue weighted by Gasteiger charge is -2.26. The number of halogens is 2. The van der Waals surface area contributed by atoms with Gasteiger partial charge < -0.3 is 10.6 Å². The summed E-state index contributed by atoms with van der Waals surface area (Å²) in [6.45, 7) is 1.19. The van der Waals surface area contributed by atoms with Crippen molar-refractivity contribution in [3.8, 4) is 0 Å². The number of hydrogen-bond donors (Lipinski definition) is 2. The average Bonchev–Trinajstić information content (AvgIpc) is 1.31. The molecule has 52 valence electrons. The van der Waals surface area contributed by atoms with E-state index in [1.807, 2.05) is 7.05 Å². The molecule has 0 radical (unpaired) electrons. The van der Waals surface area contributed by atoms with Crippen LogP contribution in [0.2, 0.25) is 0 Å². The fourth-order valence-corrected chi connectivity index (χ4v) is 0.535. The number of rotatable bonds is 1. The summed E-state index contributed by atoms with van der Waals surface area (Å²) in [6, 6.07) is 0. The third-order valence-electron chi connectivity index (χ3n) is 1.17.